The van der Waals surface area contributed by atoms with Crippen molar-refractivity contribution in [3.05, 3.63) is 36.0 Å². The molecule has 164 valence electrons. The Balaban J connectivity index is 0.00000420. The van der Waals surface area contributed by atoms with E-state index in [0.29, 0.717) is 18.5 Å². The monoisotopic (exact) mass is 527 g/mol. The number of alkyl halides is 3. The summed E-state index contributed by atoms with van der Waals surface area (Å²) in [4.78, 5) is 10.2. The highest BCUT2D eigenvalue weighted by Gasteiger charge is 2.35. The second kappa shape index (κ2) is 12.2. The number of rotatable bonds is 7. The maximum Gasteiger partial charge on any atom is 0.421 e. The van der Waals surface area contributed by atoms with E-state index in [0.717, 1.165) is 44.1 Å². The molecule has 6 nitrogen and oxygen atoms in total. The fourth-order valence-electron chi connectivity index (χ4n) is 3.04. The summed E-state index contributed by atoms with van der Waals surface area (Å²) in [6, 6.07) is 2.50. The van der Waals surface area contributed by atoms with Crippen molar-refractivity contribution in [1.82, 2.24) is 20.5 Å². The lowest BCUT2D eigenvalue weighted by Crippen LogP contribution is -2.49. The molecule has 2 rings (SSSR count). The number of likely N-dealkylation sites (tertiary alicyclic amines) is 1. The molecular formula is C19H29F3IN5O. The molecule has 0 atom stereocenters. The summed E-state index contributed by atoms with van der Waals surface area (Å²) in [6.07, 6.45) is -1.23. The minimum atomic E-state index is -4.49. The van der Waals surface area contributed by atoms with Gasteiger partial charge in [0.15, 0.2) is 5.96 Å². The van der Waals surface area contributed by atoms with Crippen LogP contribution in [-0.4, -0.2) is 61.7 Å². The Morgan fingerprint density at radius 2 is 2.07 bits per heavy atom. The van der Waals surface area contributed by atoms with E-state index in [4.69, 9.17) is 4.74 Å². The molecule has 1 aliphatic heterocycles. The number of ether oxygens (including phenoxy) is 1. The lowest BCUT2D eigenvalue weighted by molar-refractivity contribution is -0.139. The zero-order valence-electron chi connectivity index (χ0n) is 16.8. The second-order valence-electron chi connectivity index (χ2n) is 6.85. The zero-order valence-corrected chi connectivity index (χ0v) is 19.1. The number of hydrogen-bond donors (Lipinski definition) is 2. The lowest BCUT2D eigenvalue weighted by Gasteiger charge is -2.33. The number of hydrogen-bond acceptors (Lipinski definition) is 4. The maximum atomic E-state index is 12.9. The van der Waals surface area contributed by atoms with Gasteiger partial charge in [-0.1, -0.05) is 12.2 Å². The molecule has 0 unspecified atom stereocenters. The van der Waals surface area contributed by atoms with Crippen LogP contribution < -0.4 is 15.4 Å². The SMILES string of the molecule is C=C(C)CN1CCC(NC(=NC)NCCOc2ncccc2C(F)(F)F)CC1.I. The fraction of sp³-hybridized carbons (Fsp3) is 0.579. The van der Waals surface area contributed by atoms with E-state index in [1.165, 1.54) is 12.3 Å². The molecule has 0 bridgehead atoms. The molecule has 1 aromatic rings. The molecule has 2 heterocycles. The van der Waals surface area contributed by atoms with Gasteiger partial charge in [0.05, 0.1) is 6.54 Å². The van der Waals surface area contributed by atoms with Crippen molar-refractivity contribution < 1.29 is 17.9 Å². The second-order valence-corrected chi connectivity index (χ2v) is 6.85. The van der Waals surface area contributed by atoms with Crippen LogP contribution in [0.25, 0.3) is 0 Å². The van der Waals surface area contributed by atoms with E-state index in [-0.39, 0.29) is 30.6 Å². The molecule has 1 saturated heterocycles. The predicted molar refractivity (Wildman–Crippen MR) is 119 cm³/mol. The number of aliphatic imine (C=N–C) groups is 1. The molecule has 0 spiro atoms. The molecule has 0 radical (unpaired) electrons. The zero-order chi connectivity index (χ0) is 20.6. The third-order valence-corrected chi connectivity index (χ3v) is 4.36. The van der Waals surface area contributed by atoms with Crippen LogP contribution in [0, 0.1) is 0 Å². The van der Waals surface area contributed by atoms with Gasteiger partial charge in [0, 0.05) is 38.9 Å². The topological polar surface area (TPSA) is 61.8 Å². The smallest absolute Gasteiger partial charge is 0.421 e. The van der Waals surface area contributed by atoms with Crippen molar-refractivity contribution in [3.8, 4) is 5.88 Å². The van der Waals surface area contributed by atoms with Crippen molar-refractivity contribution in [3.63, 3.8) is 0 Å². The predicted octanol–water partition coefficient (Wildman–Crippen LogP) is 3.30. The van der Waals surface area contributed by atoms with Crippen LogP contribution in [0.4, 0.5) is 13.2 Å². The van der Waals surface area contributed by atoms with Crippen molar-refractivity contribution in [2.75, 3.05) is 39.8 Å². The summed E-state index contributed by atoms with van der Waals surface area (Å²) in [5, 5.41) is 6.42. The summed E-state index contributed by atoms with van der Waals surface area (Å²) in [5.41, 5.74) is 0.282. The average molecular weight is 527 g/mol. The molecule has 0 aliphatic carbocycles. The third kappa shape index (κ3) is 8.77. The molecule has 0 aromatic carbocycles. The van der Waals surface area contributed by atoms with Crippen molar-refractivity contribution in [2.45, 2.75) is 32.0 Å². The Morgan fingerprint density at radius 1 is 1.38 bits per heavy atom. The highest BCUT2D eigenvalue weighted by atomic mass is 127. The van der Waals surface area contributed by atoms with E-state index in [1.54, 1.807) is 7.05 Å². The number of aromatic nitrogens is 1. The number of guanidine groups is 1. The van der Waals surface area contributed by atoms with Gasteiger partial charge in [0.2, 0.25) is 5.88 Å². The molecule has 1 fully saturated rings. The number of nitrogens with one attached hydrogen (secondary N) is 2. The largest absolute Gasteiger partial charge is 0.475 e. The van der Waals surface area contributed by atoms with Gasteiger partial charge in [0.25, 0.3) is 0 Å². The lowest BCUT2D eigenvalue weighted by atomic mass is 10.0. The van der Waals surface area contributed by atoms with Gasteiger partial charge in [-0.3, -0.25) is 9.89 Å². The highest BCUT2D eigenvalue weighted by molar-refractivity contribution is 14.0. The van der Waals surface area contributed by atoms with Crippen molar-refractivity contribution in [2.24, 2.45) is 4.99 Å². The summed E-state index contributed by atoms with van der Waals surface area (Å²) in [6.45, 7) is 9.23. The van der Waals surface area contributed by atoms with Gasteiger partial charge in [0.1, 0.15) is 12.2 Å². The van der Waals surface area contributed by atoms with Crippen LogP contribution in [0.5, 0.6) is 5.88 Å². The minimum Gasteiger partial charge on any atom is -0.475 e. The molecular weight excluding hydrogens is 498 g/mol. The number of nitrogens with zero attached hydrogens (tertiary/aromatic N) is 3. The summed E-state index contributed by atoms with van der Waals surface area (Å²) < 4.78 is 44.0. The third-order valence-electron chi connectivity index (χ3n) is 4.36. The summed E-state index contributed by atoms with van der Waals surface area (Å²) in [7, 11) is 1.66. The Bertz CT molecular complexity index is 676. The van der Waals surface area contributed by atoms with Crippen molar-refractivity contribution >= 4 is 29.9 Å². The van der Waals surface area contributed by atoms with E-state index >= 15 is 0 Å². The van der Waals surface area contributed by atoms with E-state index < -0.39 is 17.6 Å². The molecule has 29 heavy (non-hydrogen) atoms. The molecule has 1 aromatic heterocycles. The Hall–Kier alpha value is -1.56. The quantitative estimate of drug-likeness (QED) is 0.188. The van der Waals surface area contributed by atoms with Crippen LogP contribution in [0.2, 0.25) is 0 Å². The number of halogens is 4. The van der Waals surface area contributed by atoms with Gasteiger partial charge in [-0.2, -0.15) is 13.2 Å². The first kappa shape index (κ1) is 25.5. The number of pyridine rings is 1. The standard InChI is InChI=1S/C19H28F3N5O.HI/c1-14(2)13-27-10-6-15(7-11-27)26-18(23-3)25-9-12-28-17-16(19(20,21)22)5-4-8-24-17;/h4-5,8,15H,1,6-7,9-13H2,2-3H3,(H2,23,25,26);1H. The first-order valence-corrected chi connectivity index (χ1v) is 9.28. The first-order chi connectivity index (χ1) is 13.3. The van der Waals surface area contributed by atoms with E-state index in [1.807, 2.05) is 6.92 Å². The first-order valence-electron chi connectivity index (χ1n) is 9.28. The van der Waals surface area contributed by atoms with Crippen molar-refractivity contribution in [1.29, 1.82) is 0 Å². The van der Waals surface area contributed by atoms with Gasteiger partial charge >= 0.3 is 6.18 Å². The van der Waals surface area contributed by atoms with Gasteiger partial charge in [-0.25, -0.2) is 4.98 Å². The van der Waals surface area contributed by atoms with E-state index in [2.05, 4.69) is 32.1 Å². The van der Waals surface area contributed by atoms with Crippen LogP contribution >= 0.6 is 24.0 Å². The summed E-state index contributed by atoms with van der Waals surface area (Å²) >= 11 is 0. The van der Waals surface area contributed by atoms with Crippen LogP contribution in [-0.2, 0) is 6.18 Å². The Morgan fingerprint density at radius 3 is 2.66 bits per heavy atom. The Kier molecular flexibility index (Phi) is 10.7. The van der Waals surface area contributed by atoms with Gasteiger partial charge in [-0.15, -0.1) is 24.0 Å². The van der Waals surface area contributed by atoms with Gasteiger partial charge < -0.3 is 15.4 Å². The fourth-order valence-corrected chi connectivity index (χ4v) is 3.04. The molecule has 2 N–H and O–H groups in total. The summed E-state index contributed by atoms with van der Waals surface area (Å²) in [5.74, 6) is 0.198. The molecule has 10 heteroatoms. The maximum absolute atomic E-state index is 12.9. The highest BCUT2D eigenvalue weighted by Crippen LogP contribution is 2.34. The van der Waals surface area contributed by atoms with E-state index in [9.17, 15) is 13.2 Å². The number of piperidine rings is 1. The van der Waals surface area contributed by atoms with Crippen LogP contribution in [0.3, 0.4) is 0 Å². The van der Waals surface area contributed by atoms with Crippen LogP contribution in [0.1, 0.15) is 25.3 Å². The normalized spacial score (nSPS) is 16.1. The van der Waals surface area contributed by atoms with Crippen LogP contribution in [0.15, 0.2) is 35.5 Å². The minimum absolute atomic E-state index is 0. The molecule has 0 amide bonds. The average Bonchev–Trinajstić information content (AvgIpc) is 2.64. The molecule has 1 aliphatic rings. The Labute approximate surface area is 187 Å². The van der Waals surface area contributed by atoms with Gasteiger partial charge in [-0.05, 0) is 31.9 Å². The molecule has 0 saturated carbocycles.